The van der Waals surface area contributed by atoms with E-state index in [4.69, 9.17) is 23.2 Å². The number of carbonyl (C=O) groups excluding carboxylic acids is 2. The molecule has 2 amide bonds. The molecule has 0 unspecified atom stereocenters. The maximum atomic E-state index is 12.9. The van der Waals surface area contributed by atoms with Crippen molar-refractivity contribution < 1.29 is 14.3 Å². The molecule has 1 heterocycles. The predicted octanol–water partition coefficient (Wildman–Crippen LogP) is 5.16. The average Bonchev–Trinajstić information content (AvgIpc) is 3.51. The van der Waals surface area contributed by atoms with Crippen LogP contribution >= 0.6 is 23.2 Å². The van der Waals surface area contributed by atoms with Crippen LogP contribution in [0, 0.1) is 0 Å². The van der Waals surface area contributed by atoms with Crippen LogP contribution in [0.1, 0.15) is 40.4 Å². The number of rotatable bonds is 6. The summed E-state index contributed by atoms with van der Waals surface area (Å²) in [5.41, 5.74) is 3.60. The molecule has 160 valence electrons. The molecule has 0 saturated heterocycles. The van der Waals surface area contributed by atoms with Crippen LogP contribution in [0.3, 0.4) is 0 Å². The van der Waals surface area contributed by atoms with Crippen LogP contribution in [0.4, 0.5) is 10.5 Å². The van der Waals surface area contributed by atoms with Crippen LogP contribution in [0.25, 0.3) is 5.69 Å². The zero-order chi connectivity index (χ0) is 22.0. The molecule has 0 spiro atoms. The van der Waals surface area contributed by atoms with Crippen molar-refractivity contribution in [3.63, 3.8) is 0 Å². The van der Waals surface area contributed by atoms with E-state index in [-0.39, 0.29) is 11.8 Å². The van der Waals surface area contributed by atoms with Gasteiger partial charge in [-0.25, -0.2) is 9.48 Å². The highest BCUT2D eigenvalue weighted by atomic mass is 35.5. The summed E-state index contributed by atoms with van der Waals surface area (Å²) in [6, 6.07) is 12.3. The lowest BCUT2D eigenvalue weighted by Gasteiger charge is -2.11. The van der Waals surface area contributed by atoms with E-state index >= 15 is 0 Å². The fraction of sp³-hybridized carbons (Fsp3) is 0.227. The Bertz CT molecular complexity index is 1120. The molecule has 1 fully saturated rings. The highest BCUT2D eigenvalue weighted by Gasteiger charge is 2.33. The first kappa shape index (κ1) is 21.2. The maximum Gasteiger partial charge on any atom is 0.411 e. The summed E-state index contributed by atoms with van der Waals surface area (Å²) in [6.45, 7) is 0.342. The van der Waals surface area contributed by atoms with Gasteiger partial charge in [0.2, 0.25) is 0 Å². The first-order valence-electron chi connectivity index (χ1n) is 9.71. The molecule has 0 radical (unpaired) electrons. The zero-order valence-corrected chi connectivity index (χ0v) is 18.2. The summed E-state index contributed by atoms with van der Waals surface area (Å²) in [4.78, 5) is 24.2. The molecule has 31 heavy (non-hydrogen) atoms. The topological polar surface area (TPSA) is 85.2 Å². The normalized spacial score (nSPS) is 13.0. The molecule has 1 saturated carbocycles. The largest absolute Gasteiger partial charge is 0.453 e. The van der Waals surface area contributed by atoms with Crippen molar-refractivity contribution in [1.29, 1.82) is 0 Å². The molecule has 7 nitrogen and oxygen atoms in total. The Kier molecular flexibility index (Phi) is 6.15. The van der Waals surface area contributed by atoms with Crippen LogP contribution < -0.4 is 10.6 Å². The number of hydrogen-bond acceptors (Lipinski definition) is 4. The van der Waals surface area contributed by atoms with E-state index in [1.807, 2.05) is 12.1 Å². The van der Waals surface area contributed by atoms with Crippen molar-refractivity contribution in [2.45, 2.75) is 25.3 Å². The summed E-state index contributed by atoms with van der Waals surface area (Å²) in [6.07, 6.45) is 3.06. The van der Waals surface area contributed by atoms with Crippen molar-refractivity contribution >= 4 is 40.9 Å². The number of benzene rings is 2. The average molecular weight is 459 g/mol. The van der Waals surface area contributed by atoms with Gasteiger partial charge in [-0.1, -0.05) is 35.3 Å². The highest BCUT2D eigenvalue weighted by Crippen LogP contribution is 2.43. The van der Waals surface area contributed by atoms with E-state index < -0.39 is 6.09 Å². The number of halogens is 2. The molecule has 2 aromatic carbocycles. The Morgan fingerprint density at radius 2 is 1.90 bits per heavy atom. The number of aromatic nitrogens is 2. The van der Waals surface area contributed by atoms with Crippen molar-refractivity contribution in [1.82, 2.24) is 15.1 Å². The molecule has 0 atom stereocenters. The number of methoxy groups -OCH3 is 1. The molecule has 1 aliphatic carbocycles. The second-order valence-corrected chi connectivity index (χ2v) is 8.07. The lowest BCUT2D eigenvalue weighted by Crippen LogP contribution is -2.23. The Hall–Kier alpha value is -3.03. The second-order valence-electron chi connectivity index (χ2n) is 7.22. The van der Waals surface area contributed by atoms with E-state index in [9.17, 15) is 9.59 Å². The van der Waals surface area contributed by atoms with E-state index in [0.29, 0.717) is 33.5 Å². The molecule has 0 aliphatic heterocycles. The van der Waals surface area contributed by atoms with Gasteiger partial charge in [-0.15, -0.1) is 0 Å². The van der Waals surface area contributed by atoms with Gasteiger partial charge in [0.15, 0.2) is 0 Å². The Balaban J connectivity index is 1.49. The summed E-state index contributed by atoms with van der Waals surface area (Å²) in [5, 5.41) is 11.0. The van der Waals surface area contributed by atoms with Gasteiger partial charge in [0, 0.05) is 23.2 Å². The number of carbonyl (C=O) groups is 2. The fourth-order valence-electron chi connectivity index (χ4n) is 3.28. The minimum atomic E-state index is -0.536. The van der Waals surface area contributed by atoms with Crippen LogP contribution in [-0.4, -0.2) is 28.9 Å². The molecule has 4 rings (SSSR count). The number of amides is 2. The Labute approximate surface area is 189 Å². The van der Waals surface area contributed by atoms with Gasteiger partial charge in [-0.2, -0.15) is 5.10 Å². The van der Waals surface area contributed by atoms with Gasteiger partial charge in [0.1, 0.15) is 0 Å². The van der Waals surface area contributed by atoms with E-state index in [1.54, 1.807) is 41.2 Å². The molecule has 3 aromatic rings. The van der Waals surface area contributed by atoms with Crippen molar-refractivity contribution in [3.8, 4) is 5.69 Å². The maximum absolute atomic E-state index is 12.9. The number of nitrogens with zero attached hydrogens (tertiary/aromatic N) is 2. The molecular weight excluding hydrogens is 439 g/mol. The van der Waals surface area contributed by atoms with Crippen molar-refractivity contribution in [2.24, 2.45) is 0 Å². The molecule has 0 bridgehead atoms. The monoisotopic (exact) mass is 458 g/mol. The van der Waals surface area contributed by atoms with Gasteiger partial charge < -0.3 is 10.1 Å². The van der Waals surface area contributed by atoms with E-state index in [1.165, 1.54) is 7.11 Å². The molecule has 1 aromatic heterocycles. The number of nitrogens with one attached hydrogen (secondary N) is 2. The summed E-state index contributed by atoms with van der Waals surface area (Å²) in [7, 11) is 1.30. The number of anilines is 1. The summed E-state index contributed by atoms with van der Waals surface area (Å²) < 4.78 is 6.30. The van der Waals surface area contributed by atoms with Crippen molar-refractivity contribution in [3.05, 3.63) is 75.5 Å². The number of hydrogen-bond donors (Lipinski definition) is 2. The third-order valence-electron chi connectivity index (χ3n) is 4.99. The molecule has 1 aliphatic rings. The van der Waals surface area contributed by atoms with Gasteiger partial charge in [-0.3, -0.25) is 10.1 Å². The second kappa shape index (κ2) is 8.99. The smallest absolute Gasteiger partial charge is 0.411 e. The van der Waals surface area contributed by atoms with E-state index in [2.05, 4.69) is 20.5 Å². The third kappa shape index (κ3) is 4.84. The standard InChI is InChI=1S/C22H20Cl2N4O3/c1-31-22(30)27-16-7-2-13(3-8-16)11-25-21(29)17-12-26-28(20(17)14-4-5-14)19-9-6-15(23)10-18(19)24/h2-3,6-10,12,14H,4-5,11H2,1H3,(H,25,29)(H,27,30). The van der Waals surface area contributed by atoms with Gasteiger partial charge in [0.25, 0.3) is 5.91 Å². The summed E-state index contributed by atoms with van der Waals surface area (Å²) >= 11 is 12.4. The first-order valence-corrected chi connectivity index (χ1v) is 10.5. The molecular formula is C22H20Cl2N4O3. The quantitative estimate of drug-likeness (QED) is 0.533. The Morgan fingerprint density at radius 1 is 1.16 bits per heavy atom. The summed E-state index contributed by atoms with van der Waals surface area (Å²) in [5.74, 6) is 0.0775. The molecule has 9 heteroatoms. The first-order chi connectivity index (χ1) is 15.0. The van der Waals surface area contributed by atoms with Gasteiger partial charge in [-0.05, 0) is 48.7 Å². The molecule has 2 N–H and O–H groups in total. The lowest BCUT2D eigenvalue weighted by atomic mass is 10.1. The number of ether oxygens (including phenoxy) is 1. The predicted molar refractivity (Wildman–Crippen MR) is 119 cm³/mol. The highest BCUT2D eigenvalue weighted by molar-refractivity contribution is 6.35. The minimum Gasteiger partial charge on any atom is -0.453 e. The van der Waals surface area contributed by atoms with Crippen LogP contribution in [0.2, 0.25) is 10.0 Å². The lowest BCUT2D eigenvalue weighted by molar-refractivity contribution is 0.0950. The van der Waals surface area contributed by atoms with Crippen LogP contribution in [0.15, 0.2) is 48.7 Å². The van der Waals surface area contributed by atoms with Crippen molar-refractivity contribution in [2.75, 3.05) is 12.4 Å². The van der Waals surface area contributed by atoms with Crippen LogP contribution in [-0.2, 0) is 11.3 Å². The van der Waals surface area contributed by atoms with E-state index in [0.717, 1.165) is 24.1 Å². The third-order valence-corrected chi connectivity index (χ3v) is 5.53. The SMILES string of the molecule is COC(=O)Nc1ccc(CNC(=O)c2cnn(-c3ccc(Cl)cc3Cl)c2C2CC2)cc1. The van der Waals surface area contributed by atoms with Crippen LogP contribution in [0.5, 0.6) is 0 Å². The zero-order valence-electron chi connectivity index (χ0n) is 16.7. The van der Waals surface area contributed by atoms with Gasteiger partial charge in [0.05, 0.1) is 35.3 Å². The Morgan fingerprint density at radius 3 is 2.55 bits per heavy atom. The minimum absolute atomic E-state index is 0.199. The fourth-order valence-corrected chi connectivity index (χ4v) is 3.77. The van der Waals surface area contributed by atoms with Gasteiger partial charge >= 0.3 is 6.09 Å².